The fourth-order valence-electron chi connectivity index (χ4n) is 1.80. The highest BCUT2D eigenvalue weighted by Gasteiger charge is 2.19. The largest absolute Gasteiger partial charge is 0.468 e. The van der Waals surface area contributed by atoms with Crippen molar-refractivity contribution in [3.63, 3.8) is 0 Å². The predicted octanol–water partition coefficient (Wildman–Crippen LogP) is 3.39. The maximum Gasteiger partial charge on any atom is 0.241 e. The number of hydrogen-bond donors (Lipinski definition) is 1. The summed E-state index contributed by atoms with van der Waals surface area (Å²) in [5.74, 6) is 0.747. The number of furan rings is 1. The second kappa shape index (κ2) is 6.59. The molecule has 1 aromatic carbocycles. The van der Waals surface area contributed by atoms with Crippen LogP contribution in [0.5, 0.6) is 0 Å². The zero-order valence-electron chi connectivity index (χ0n) is 11.5. The summed E-state index contributed by atoms with van der Waals surface area (Å²) < 4.78 is 5.28. The van der Waals surface area contributed by atoms with Gasteiger partial charge in [0, 0.05) is 10.7 Å². The van der Waals surface area contributed by atoms with Crippen LogP contribution in [-0.2, 0) is 11.3 Å². The van der Waals surface area contributed by atoms with E-state index < -0.39 is 0 Å². The normalized spacial score (nSPS) is 12.4. The van der Waals surface area contributed by atoms with E-state index in [0.29, 0.717) is 17.3 Å². The van der Waals surface area contributed by atoms with E-state index >= 15 is 0 Å². The lowest BCUT2D eigenvalue weighted by atomic mass is 10.2. The maximum atomic E-state index is 12.2. The number of nitrogens with one attached hydrogen (secondary N) is 1. The van der Waals surface area contributed by atoms with E-state index in [4.69, 9.17) is 16.0 Å². The average molecular weight is 293 g/mol. The lowest BCUT2D eigenvalue weighted by Gasteiger charge is -2.22. The fourth-order valence-corrected chi connectivity index (χ4v) is 1.99. The minimum atomic E-state index is -0.279. The first-order valence-electron chi connectivity index (χ1n) is 6.35. The Labute approximate surface area is 123 Å². The molecule has 1 heterocycles. The molecule has 0 saturated heterocycles. The number of halogens is 1. The van der Waals surface area contributed by atoms with E-state index in [0.717, 1.165) is 5.76 Å². The predicted molar refractivity (Wildman–Crippen MR) is 79.7 cm³/mol. The van der Waals surface area contributed by atoms with Gasteiger partial charge in [-0.15, -0.1) is 0 Å². The van der Waals surface area contributed by atoms with Gasteiger partial charge in [0.15, 0.2) is 0 Å². The Bertz CT molecular complexity index is 569. The van der Waals surface area contributed by atoms with Crippen molar-refractivity contribution in [1.82, 2.24) is 4.90 Å². The first-order valence-corrected chi connectivity index (χ1v) is 6.73. The lowest BCUT2D eigenvalue weighted by molar-refractivity contribution is -0.120. The summed E-state index contributed by atoms with van der Waals surface area (Å²) in [5.41, 5.74) is 0.695. The van der Waals surface area contributed by atoms with Crippen molar-refractivity contribution < 1.29 is 9.21 Å². The molecule has 2 aromatic rings. The Balaban J connectivity index is 1.94. The maximum absolute atomic E-state index is 12.2. The van der Waals surface area contributed by atoms with Gasteiger partial charge in [-0.05, 0) is 44.3 Å². The van der Waals surface area contributed by atoms with Crippen LogP contribution in [0.1, 0.15) is 12.7 Å². The second-order valence-corrected chi connectivity index (χ2v) is 5.11. The zero-order valence-corrected chi connectivity index (χ0v) is 12.2. The van der Waals surface area contributed by atoms with Gasteiger partial charge in [0.25, 0.3) is 0 Å². The molecule has 0 aliphatic carbocycles. The van der Waals surface area contributed by atoms with Crippen LogP contribution in [-0.4, -0.2) is 23.9 Å². The third kappa shape index (κ3) is 3.85. The van der Waals surface area contributed by atoms with Gasteiger partial charge >= 0.3 is 0 Å². The molecular formula is C15H17ClN2O2. The van der Waals surface area contributed by atoms with Gasteiger partial charge in [-0.3, -0.25) is 9.69 Å². The summed E-state index contributed by atoms with van der Waals surface area (Å²) in [4.78, 5) is 14.1. The number of hydrogen-bond acceptors (Lipinski definition) is 3. The first kappa shape index (κ1) is 14.6. The first-order chi connectivity index (χ1) is 9.56. The Morgan fingerprint density at radius 3 is 2.85 bits per heavy atom. The third-order valence-corrected chi connectivity index (χ3v) is 3.35. The molecule has 20 heavy (non-hydrogen) atoms. The summed E-state index contributed by atoms with van der Waals surface area (Å²) in [5, 5.41) is 3.44. The molecule has 0 fully saturated rings. The van der Waals surface area contributed by atoms with Crippen LogP contribution in [0.2, 0.25) is 5.02 Å². The smallest absolute Gasteiger partial charge is 0.241 e. The second-order valence-electron chi connectivity index (χ2n) is 4.67. The molecule has 0 spiro atoms. The summed E-state index contributed by atoms with van der Waals surface area (Å²) in [6.45, 7) is 2.43. The van der Waals surface area contributed by atoms with Crippen molar-refractivity contribution in [2.24, 2.45) is 0 Å². The van der Waals surface area contributed by atoms with Gasteiger partial charge in [-0.1, -0.05) is 17.7 Å². The number of nitrogens with zero attached hydrogens (tertiary/aromatic N) is 1. The number of benzene rings is 1. The van der Waals surface area contributed by atoms with Gasteiger partial charge in [0.05, 0.1) is 18.8 Å². The van der Waals surface area contributed by atoms with Gasteiger partial charge < -0.3 is 9.73 Å². The molecule has 0 aliphatic rings. The van der Waals surface area contributed by atoms with Gasteiger partial charge in [0.1, 0.15) is 5.76 Å². The van der Waals surface area contributed by atoms with Gasteiger partial charge in [-0.2, -0.15) is 0 Å². The summed E-state index contributed by atoms with van der Waals surface area (Å²) in [7, 11) is 1.88. The van der Waals surface area contributed by atoms with Crippen LogP contribution >= 0.6 is 11.6 Å². The molecule has 0 bridgehead atoms. The molecule has 1 N–H and O–H groups in total. The fraction of sp³-hybridized carbons (Fsp3) is 0.267. The van der Waals surface area contributed by atoms with Crippen molar-refractivity contribution in [2.45, 2.75) is 19.5 Å². The quantitative estimate of drug-likeness (QED) is 0.919. The number of rotatable bonds is 5. The highest BCUT2D eigenvalue weighted by atomic mass is 35.5. The summed E-state index contributed by atoms with van der Waals surface area (Å²) >= 11 is 5.89. The molecule has 0 radical (unpaired) electrons. The molecule has 1 atom stereocenters. The summed E-state index contributed by atoms with van der Waals surface area (Å²) in [6, 6.07) is 10.5. The monoisotopic (exact) mass is 292 g/mol. The van der Waals surface area contributed by atoms with Gasteiger partial charge in [0.2, 0.25) is 5.91 Å². The number of carbonyl (C=O) groups excluding carboxylic acids is 1. The van der Waals surface area contributed by atoms with Crippen molar-refractivity contribution in [2.75, 3.05) is 12.4 Å². The van der Waals surface area contributed by atoms with Crippen LogP contribution in [0.4, 0.5) is 5.69 Å². The van der Waals surface area contributed by atoms with E-state index in [-0.39, 0.29) is 11.9 Å². The zero-order chi connectivity index (χ0) is 14.5. The van der Waals surface area contributed by atoms with Crippen molar-refractivity contribution in [3.8, 4) is 0 Å². The van der Waals surface area contributed by atoms with Crippen LogP contribution in [0.3, 0.4) is 0 Å². The Hall–Kier alpha value is -1.78. The SMILES string of the molecule is C[C@@H](C(=O)Nc1cccc(Cl)c1)N(C)Cc1ccco1. The van der Waals surface area contributed by atoms with E-state index in [1.54, 1.807) is 24.5 Å². The van der Waals surface area contributed by atoms with Crippen LogP contribution in [0.25, 0.3) is 0 Å². The Morgan fingerprint density at radius 2 is 2.20 bits per heavy atom. The van der Waals surface area contributed by atoms with Crippen LogP contribution in [0, 0.1) is 0 Å². The van der Waals surface area contributed by atoms with Crippen molar-refractivity contribution >= 4 is 23.2 Å². The van der Waals surface area contributed by atoms with Gasteiger partial charge in [-0.25, -0.2) is 0 Å². The van der Waals surface area contributed by atoms with Crippen LogP contribution < -0.4 is 5.32 Å². The van der Waals surface area contributed by atoms with E-state index in [2.05, 4.69) is 5.32 Å². The van der Waals surface area contributed by atoms with E-state index in [9.17, 15) is 4.79 Å². The molecule has 5 heteroatoms. The molecule has 2 rings (SSSR count). The molecule has 4 nitrogen and oxygen atoms in total. The van der Waals surface area contributed by atoms with Crippen molar-refractivity contribution in [3.05, 3.63) is 53.4 Å². The third-order valence-electron chi connectivity index (χ3n) is 3.12. The molecule has 106 valence electrons. The minimum Gasteiger partial charge on any atom is -0.468 e. The van der Waals surface area contributed by atoms with Crippen molar-refractivity contribution in [1.29, 1.82) is 0 Å². The van der Waals surface area contributed by atoms with E-state index in [1.807, 2.05) is 37.1 Å². The molecule has 0 aliphatic heterocycles. The highest BCUT2D eigenvalue weighted by Crippen LogP contribution is 2.16. The number of amides is 1. The molecule has 1 aromatic heterocycles. The Kier molecular flexibility index (Phi) is 4.82. The number of carbonyl (C=O) groups is 1. The molecule has 0 saturated carbocycles. The molecule has 1 amide bonds. The minimum absolute atomic E-state index is 0.0821. The standard InChI is InChI=1S/C15H17ClN2O2/c1-11(18(2)10-14-7-4-8-20-14)15(19)17-13-6-3-5-12(16)9-13/h3-9,11H,10H2,1-2H3,(H,17,19)/t11-/m0/s1. The summed E-state index contributed by atoms with van der Waals surface area (Å²) in [6.07, 6.45) is 1.62. The van der Waals surface area contributed by atoms with Crippen LogP contribution in [0.15, 0.2) is 47.1 Å². The Morgan fingerprint density at radius 1 is 1.40 bits per heavy atom. The molecular weight excluding hydrogens is 276 g/mol. The topological polar surface area (TPSA) is 45.5 Å². The van der Waals surface area contributed by atoms with E-state index in [1.165, 1.54) is 0 Å². The average Bonchev–Trinajstić information content (AvgIpc) is 2.90. The number of anilines is 1. The number of likely N-dealkylation sites (N-methyl/N-ethyl adjacent to an activating group) is 1. The molecule has 0 unspecified atom stereocenters. The highest BCUT2D eigenvalue weighted by molar-refractivity contribution is 6.30. The lowest BCUT2D eigenvalue weighted by Crippen LogP contribution is -2.39.